The van der Waals surface area contributed by atoms with Crippen molar-refractivity contribution in [2.24, 2.45) is 0 Å². The van der Waals surface area contributed by atoms with Crippen LogP contribution in [-0.4, -0.2) is 0 Å². The second-order valence-corrected chi connectivity index (χ2v) is 2.77. The Bertz CT molecular complexity index is 192. The van der Waals surface area contributed by atoms with Crippen LogP contribution >= 0.6 is 0 Å². The van der Waals surface area contributed by atoms with Crippen molar-refractivity contribution in [1.29, 1.82) is 0 Å². The second-order valence-electron chi connectivity index (χ2n) is 2.77. The van der Waals surface area contributed by atoms with Gasteiger partial charge in [-0.3, -0.25) is 0 Å². The molecule has 0 aromatic rings. The summed E-state index contributed by atoms with van der Waals surface area (Å²) >= 11 is 0. The zero-order chi connectivity index (χ0) is 8.85. The molecule has 0 aliphatic carbocycles. The van der Waals surface area contributed by atoms with Gasteiger partial charge >= 0.3 is 0 Å². The van der Waals surface area contributed by atoms with Gasteiger partial charge in [0.2, 0.25) is 0 Å². The third kappa shape index (κ3) is 3.22. The van der Waals surface area contributed by atoms with Crippen molar-refractivity contribution in [1.82, 2.24) is 0 Å². The van der Waals surface area contributed by atoms with Crippen LogP contribution < -0.4 is 0 Å². The minimum absolute atomic E-state index is 1.04. The maximum absolute atomic E-state index is 3.98. The summed E-state index contributed by atoms with van der Waals surface area (Å²) in [4.78, 5) is 0. The molecule has 0 unspecified atom stereocenters. The Kier molecular flexibility index (Phi) is 4.60. The van der Waals surface area contributed by atoms with Gasteiger partial charge in [0.25, 0.3) is 0 Å². The Hall–Kier alpha value is -0.780. The van der Waals surface area contributed by atoms with Gasteiger partial charge in [-0.25, -0.2) is 0 Å². The molecule has 0 nitrogen and oxygen atoms in total. The number of hydrogen-bond donors (Lipinski definition) is 0. The van der Waals surface area contributed by atoms with Crippen LogP contribution in [0, 0.1) is 0 Å². The molecule has 11 heavy (non-hydrogen) atoms. The lowest BCUT2D eigenvalue weighted by molar-refractivity contribution is 1.10. The molecule has 0 amide bonds. The van der Waals surface area contributed by atoms with Crippen LogP contribution in [0.3, 0.4) is 0 Å². The molecule has 0 atom stereocenters. The van der Waals surface area contributed by atoms with Crippen molar-refractivity contribution in [2.75, 3.05) is 0 Å². The van der Waals surface area contributed by atoms with E-state index in [2.05, 4.69) is 39.5 Å². The van der Waals surface area contributed by atoms with Gasteiger partial charge in [0.1, 0.15) is 0 Å². The van der Waals surface area contributed by atoms with Crippen LogP contribution in [-0.2, 0) is 0 Å². The van der Waals surface area contributed by atoms with E-state index in [9.17, 15) is 0 Å². The maximum atomic E-state index is 3.98. The molecule has 0 saturated carbocycles. The van der Waals surface area contributed by atoms with Gasteiger partial charge < -0.3 is 0 Å². The molecule has 0 spiro atoms. The van der Waals surface area contributed by atoms with Crippen molar-refractivity contribution >= 4 is 0 Å². The molecular formula is C11H18. The lowest BCUT2D eigenvalue weighted by atomic mass is 10.0. The molecule has 0 heterocycles. The summed E-state index contributed by atoms with van der Waals surface area (Å²) in [6, 6.07) is 0. The fourth-order valence-electron chi connectivity index (χ4n) is 0.919. The fourth-order valence-corrected chi connectivity index (χ4v) is 0.919. The van der Waals surface area contributed by atoms with Gasteiger partial charge in [-0.2, -0.15) is 0 Å². The monoisotopic (exact) mass is 150 g/mol. The summed E-state index contributed by atoms with van der Waals surface area (Å²) in [5.41, 5.74) is 3.88. The molecule has 0 saturated heterocycles. The van der Waals surface area contributed by atoms with Crippen LogP contribution in [0.1, 0.15) is 34.1 Å². The van der Waals surface area contributed by atoms with E-state index in [0.29, 0.717) is 0 Å². The van der Waals surface area contributed by atoms with Gasteiger partial charge in [0.15, 0.2) is 0 Å². The molecule has 62 valence electrons. The van der Waals surface area contributed by atoms with E-state index >= 15 is 0 Å². The molecular weight excluding hydrogens is 132 g/mol. The highest BCUT2D eigenvalue weighted by Gasteiger charge is 1.95. The minimum Gasteiger partial charge on any atom is -0.0956 e. The van der Waals surface area contributed by atoms with Crippen molar-refractivity contribution in [3.8, 4) is 0 Å². The summed E-state index contributed by atoms with van der Waals surface area (Å²) < 4.78 is 0. The average molecular weight is 150 g/mol. The number of allylic oxidation sites excluding steroid dienone is 5. The van der Waals surface area contributed by atoms with Crippen molar-refractivity contribution in [3.05, 3.63) is 35.5 Å². The molecule has 0 aliphatic rings. The zero-order valence-corrected chi connectivity index (χ0v) is 8.07. The molecule has 0 rings (SSSR count). The Balaban J connectivity index is 4.51. The first kappa shape index (κ1) is 10.2. The second kappa shape index (κ2) is 4.95. The first-order valence-corrected chi connectivity index (χ1v) is 4.11. The van der Waals surface area contributed by atoms with E-state index in [1.54, 1.807) is 0 Å². The molecule has 0 aromatic carbocycles. The summed E-state index contributed by atoms with van der Waals surface area (Å²) in [6.07, 6.45) is 5.22. The third-order valence-electron chi connectivity index (χ3n) is 1.97. The third-order valence-corrected chi connectivity index (χ3v) is 1.97. The quantitative estimate of drug-likeness (QED) is 0.536. The van der Waals surface area contributed by atoms with E-state index < -0.39 is 0 Å². The number of rotatable bonds is 3. The molecule has 0 bridgehead atoms. The topological polar surface area (TPSA) is 0 Å². The van der Waals surface area contributed by atoms with E-state index in [4.69, 9.17) is 0 Å². The van der Waals surface area contributed by atoms with Gasteiger partial charge in [-0.05, 0) is 38.3 Å². The Morgan fingerprint density at radius 2 is 1.91 bits per heavy atom. The van der Waals surface area contributed by atoms with Gasteiger partial charge in [-0.1, -0.05) is 31.2 Å². The molecule has 0 N–H and O–H groups in total. The summed E-state index contributed by atoms with van der Waals surface area (Å²) in [6.45, 7) is 12.4. The zero-order valence-electron chi connectivity index (χ0n) is 8.07. The predicted molar refractivity (Wildman–Crippen MR) is 52.6 cm³/mol. The minimum atomic E-state index is 1.04. The molecule has 0 aliphatic heterocycles. The highest BCUT2D eigenvalue weighted by atomic mass is 14.0. The SMILES string of the molecule is C=C(CC)C(C)=C(C)C=CC. The Labute approximate surface area is 70.3 Å². The van der Waals surface area contributed by atoms with Crippen LogP contribution in [0.5, 0.6) is 0 Å². The van der Waals surface area contributed by atoms with Crippen molar-refractivity contribution in [3.63, 3.8) is 0 Å². The van der Waals surface area contributed by atoms with Gasteiger partial charge in [0.05, 0.1) is 0 Å². The largest absolute Gasteiger partial charge is 0.0956 e. The van der Waals surface area contributed by atoms with Crippen LogP contribution in [0.4, 0.5) is 0 Å². The fraction of sp³-hybridized carbons (Fsp3) is 0.455. The number of hydrogen-bond acceptors (Lipinski definition) is 0. The molecule has 0 fully saturated rings. The normalized spacial score (nSPS) is 13.5. The van der Waals surface area contributed by atoms with E-state index in [1.807, 2.05) is 6.92 Å². The molecule has 0 radical (unpaired) electrons. The first-order chi connectivity index (χ1) is 5.13. The predicted octanol–water partition coefficient (Wildman–Crippen LogP) is 3.87. The van der Waals surface area contributed by atoms with E-state index in [0.717, 1.165) is 6.42 Å². The summed E-state index contributed by atoms with van der Waals surface area (Å²) in [7, 11) is 0. The van der Waals surface area contributed by atoms with E-state index in [-0.39, 0.29) is 0 Å². The highest BCUT2D eigenvalue weighted by Crippen LogP contribution is 2.15. The lowest BCUT2D eigenvalue weighted by Crippen LogP contribution is -1.84. The van der Waals surface area contributed by atoms with Gasteiger partial charge in [-0.15, -0.1) is 0 Å². The van der Waals surface area contributed by atoms with Crippen molar-refractivity contribution < 1.29 is 0 Å². The molecule has 0 heteroatoms. The standard InChI is InChI=1S/C11H18/c1-6-8-10(4)11(5)9(3)7-2/h6,8H,3,7H2,1-2,4-5H3. The average Bonchev–Trinajstić information content (AvgIpc) is 2.02. The summed E-state index contributed by atoms with van der Waals surface area (Å²) in [5, 5.41) is 0. The van der Waals surface area contributed by atoms with Crippen LogP contribution in [0.15, 0.2) is 35.5 Å². The van der Waals surface area contributed by atoms with Crippen LogP contribution in [0.2, 0.25) is 0 Å². The van der Waals surface area contributed by atoms with Gasteiger partial charge in [0, 0.05) is 0 Å². The lowest BCUT2D eigenvalue weighted by Gasteiger charge is -2.04. The Morgan fingerprint density at radius 1 is 1.36 bits per heavy atom. The highest BCUT2D eigenvalue weighted by molar-refractivity contribution is 5.35. The van der Waals surface area contributed by atoms with Crippen molar-refractivity contribution in [2.45, 2.75) is 34.1 Å². The van der Waals surface area contributed by atoms with Crippen LogP contribution in [0.25, 0.3) is 0 Å². The Morgan fingerprint density at radius 3 is 2.27 bits per heavy atom. The first-order valence-electron chi connectivity index (χ1n) is 4.11. The van der Waals surface area contributed by atoms with E-state index in [1.165, 1.54) is 16.7 Å². The summed E-state index contributed by atoms with van der Waals surface area (Å²) in [5.74, 6) is 0. The smallest absolute Gasteiger partial charge is 0.0311 e. The maximum Gasteiger partial charge on any atom is -0.0311 e. The molecule has 0 aromatic heterocycles.